The maximum atomic E-state index is 13.4. The Hall–Kier alpha value is -4.36. The molecule has 0 radical (unpaired) electrons. The Morgan fingerprint density at radius 1 is 1.11 bits per heavy atom. The van der Waals surface area contributed by atoms with Gasteiger partial charge >= 0.3 is 5.97 Å². The second kappa shape index (κ2) is 10.9. The highest BCUT2D eigenvalue weighted by Crippen LogP contribution is 2.21. The summed E-state index contributed by atoms with van der Waals surface area (Å²) in [6, 6.07) is 13.6. The van der Waals surface area contributed by atoms with Crippen LogP contribution in [0.25, 0.3) is 5.69 Å². The van der Waals surface area contributed by atoms with Crippen LogP contribution in [-0.2, 0) is 26.0 Å². The maximum absolute atomic E-state index is 13.4. The first-order valence-corrected chi connectivity index (χ1v) is 12.8. The van der Waals surface area contributed by atoms with E-state index in [-0.39, 0.29) is 39.3 Å². The van der Waals surface area contributed by atoms with E-state index in [4.69, 9.17) is 16.3 Å². The summed E-state index contributed by atoms with van der Waals surface area (Å²) in [5.41, 5.74) is 0.833. The van der Waals surface area contributed by atoms with E-state index in [1.54, 1.807) is 6.92 Å². The van der Waals surface area contributed by atoms with Gasteiger partial charge in [-0.3, -0.25) is 24.4 Å². The number of H-pyrrole nitrogens is 1. The number of benzene rings is 2. The largest absolute Gasteiger partial charge is 0.469 e. The van der Waals surface area contributed by atoms with Crippen molar-refractivity contribution < 1.29 is 22.3 Å². The number of methoxy groups -OCH3 is 1. The molecule has 0 amide bonds. The number of esters is 1. The Kier molecular flexibility index (Phi) is 7.69. The zero-order valence-electron chi connectivity index (χ0n) is 20.0. The molecule has 0 atom stereocenters. The Morgan fingerprint density at radius 2 is 1.79 bits per heavy atom. The van der Waals surface area contributed by atoms with Gasteiger partial charge in [0.25, 0.3) is 15.6 Å². The van der Waals surface area contributed by atoms with Gasteiger partial charge in [-0.1, -0.05) is 11.6 Å². The second-order valence-corrected chi connectivity index (χ2v) is 9.94. The second-order valence-electron chi connectivity index (χ2n) is 7.87. The van der Waals surface area contributed by atoms with E-state index in [1.165, 1.54) is 72.5 Å². The van der Waals surface area contributed by atoms with Crippen molar-refractivity contribution in [1.82, 2.24) is 20.0 Å². The fraction of sp³-hybridized carbons (Fsp3) is 0.125. The molecule has 2 aromatic heterocycles. The van der Waals surface area contributed by atoms with Crippen molar-refractivity contribution in [3.8, 4) is 5.69 Å². The maximum Gasteiger partial charge on any atom is 0.311 e. The predicted octanol–water partition coefficient (Wildman–Crippen LogP) is 3.41. The van der Waals surface area contributed by atoms with Crippen LogP contribution < -0.4 is 10.3 Å². The highest BCUT2D eigenvalue weighted by Gasteiger charge is 2.21. The van der Waals surface area contributed by atoms with Crippen LogP contribution in [0.5, 0.6) is 0 Å². The van der Waals surface area contributed by atoms with Crippen LogP contribution in [0.2, 0.25) is 5.15 Å². The normalized spacial score (nSPS) is 11.8. The van der Waals surface area contributed by atoms with Crippen LogP contribution in [0.1, 0.15) is 18.2 Å². The summed E-state index contributed by atoms with van der Waals surface area (Å²) < 4.78 is 46.9. The molecule has 38 heavy (non-hydrogen) atoms. The molecule has 0 unspecified atom stereocenters. The van der Waals surface area contributed by atoms with E-state index >= 15 is 0 Å². The zero-order chi connectivity index (χ0) is 27.4. The fourth-order valence-corrected chi connectivity index (χ4v) is 4.59. The van der Waals surface area contributed by atoms with Gasteiger partial charge < -0.3 is 4.74 Å². The third-order valence-corrected chi connectivity index (χ3v) is 6.85. The van der Waals surface area contributed by atoms with Crippen molar-refractivity contribution in [3.05, 3.63) is 93.2 Å². The number of ether oxygens (including phenoxy) is 1. The number of hydrogen-bond donors (Lipinski definition) is 2. The van der Waals surface area contributed by atoms with Gasteiger partial charge in [0, 0.05) is 0 Å². The van der Waals surface area contributed by atoms with Crippen LogP contribution in [0.4, 0.5) is 15.9 Å². The minimum atomic E-state index is -3.96. The number of nitrogens with one attached hydrogen (secondary N) is 2. The van der Waals surface area contributed by atoms with Gasteiger partial charge in [0.15, 0.2) is 11.0 Å². The topological polar surface area (TPSA) is 148 Å². The number of aromatic nitrogens is 4. The molecule has 4 aromatic rings. The van der Waals surface area contributed by atoms with E-state index in [0.29, 0.717) is 11.4 Å². The third kappa shape index (κ3) is 5.95. The molecule has 2 N–H and O–H groups in total. The summed E-state index contributed by atoms with van der Waals surface area (Å²) in [6.45, 7) is 1.58. The number of carbonyl (C=O) groups is 1. The zero-order valence-corrected chi connectivity index (χ0v) is 21.5. The molecule has 11 nitrogen and oxygen atoms in total. The first kappa shape index (κ1) is 26.7. The van der Waals surface area contributed by atoms with Crippen LogP contribution >= 0.6 is 11.6 Å². The number of halogens is 2. The highest BCUT2D eigenvalue weighted by atomic mass is 35.5. The summed E-state index contributed by atoms with van der Waals surface area (Å²) in [6.07, 6.45) is -0.238. The fourth-order valence-electron chi connectivity index (χ4n) is 3.49. The van der Waals surface area contributed by atoms with Crippen molar-refractivity contribution in [2.75, 3.05) is 11.8 Å². The van der Waals surface area contributed by atoms with E-state index in [1.807, 2.05) is 0 Å². The minimum absolute atomic E-state index is 0.00429. The first-order valence-electron chi connectivity index (χ1n) is 10.9. The van der Waals surface area contributed by atoms with Crippen molar-refractivity contribution >= 4 is 44.8 Å². The van der Waals surface area contributed by atoms with Crippen molar-refractivity contribution in [1.29, 1.82) is 0 Å². The molecular formula is C24H20ClFN6O5S. The van der Waals surface area contributed by atoms with Crippen molar-refractivity contribution in [3.63, 3.8) is 0 Å². The molecule has 0 aliphatic rings. The van der Waals surface area contributed by atoms with E-state index in [2.05, 4.69) is 25.0 Å². The average molecular weight is 559 g/mol. The van der Waals surface area contributed by atoms with Crippen LogP contribution in [0, 0.1) is 5.82 Å². The molecule has 0 aliphatic heterocycles. The quantitative estimate of drug-likeness (QED) is 0.249. The molecular weight excluding hydrogens is 539 g/mol. The lowest BCUT2D eigenvalue weighted by Crippen LogP contribution is -2.20. The van der Waals surface area contributed by atoms with Crippen molar-refractivity contribution in [2.45, 2.75) is 18.2 Å². The predicted molar refractivity (Wildman–Crippen MR) is 138 cm³/mol. The lowest BCUT2D eigenvalue weighted by Gasteiger charge is -2.07. The van der Waals surface area contributed by atoms with E-state index in [9.17, 15) is 22.4 Å². The Balaban J connectivity index is 1.66. The number of hydrogen-bond acceptors (Lipinski definition) is 8. The molecule has 0 saturated heterocycles. The SMILES string of the molecule is COC(=O)Cc1[nH]n(-c2ccc(F)cc2)c(=O)c1C(C)=Nc1ccc(S(=O)(=O)Nc2ccc(Cl)nn2)cc1. The summed E-state index contributed by atoms with van der Waals surface area (Å²) in [7, 11) is -2.74. The summed E-state index contributed by atoms with van der Waals surface area (Å²) in [5, 5.41) is 10.2. The van der Waals surface area contributed by atoms with Gasteiger partial charge in [0.1, 0.15) is 5.82 Å². The lowest BCUT2D eigenvalue weighted by molar-refractivity contribution is -0.139. The third-order valence-electron chi connectivity index (χ3n) is 5.28. The number of rotatable bonds is 8. The molecule has 0 spiro atoms. The number of carbonyl (C=O) groups excluding carboxylic acids is 1. The van der Waals surface area contributed by atoms with Crippen molar-refractivity contribution in [2.24, 2.45) is 4.99 Å². The van der Waals surface area contributed by atoms with E-state index in [0.717, 1.165) is 0 Å². The summed E-state index contributed by atoms with van der Waals surface area (Å²) in [5.74, 6) is -1.06. The van der Waals surface area contributed by atoms with E-state index < -0.39 is 27.4 Å². The molecule has 0 bridgehead atoms. The molecule has 196 valence electrons. The number of aliphatic imine (C=N–C) groups is 1. The minimum Gasteiger partial charge on any atom is -0.469 e. The van der Waals surface area contributed by atoms with Gasteiger partial charge in [-0.25, -0.2) is 17.5 Å². The van der Waals surface area contributed by atoms with Gasteiger partial charge in [-0.05, 0) is 67.6 Å². The Bertz CT molecular complexity index is 1670. The number of sulfonamides is 1. The van der Waals surface area contributed by atoms with Gasteiger partial charge in [0.05, 0.1) is 46.8 Å². The molecule has 0 fully saturated rings. The Labute approximate surface area is 221 Å². The summed E-state index contributed by atoms with van der Waals surface area (Å²) >= 11 is 5.67. The van der Waals surface area contributed by atoms with Crippen LogP contribution in [0.3, 0.4) is 0 Å². The smallest absolute Gasteiger partial charge is 0.311 e. The monoisotopic (exact) mass is 558 g/mol. The standard InChI is InChI=1S/C24H20ClFN6O5S/c1-14(23-19(13-22(33)37-2)30-32(24(23)34)17-7-3-15(26)4-8-17)27-16-5-9-18(10-6-16)38(35,36)31-21-12-11-20(25)28-29-21/h3-12,30H,13H2,1-2H3,(H,29,31). The highest BCUT2D eigenvalue weighted by molar-refractivity contribution is 7.92. The molecule has 2 aromatic carbocycles. The molecule has 2 heterocycles. The molecule has 4 rings (SSSR count). The van der Waals surface area contributed by atoms with Gasteiger partial charge in [-0.2, -0.15) is 0 Å². The molecule has 0 saturated carbocycles. The average Bonchev–Trinajstić information content (AvgIpc) is 3.21. The number of anilines is 1. The van der Waals surface area contributed by atoms with Crippen LogP contribution in [0.15, 0.2) is 75.3 Å². The van der Waals surface area contributed by atoms with Gasteiger partial charge in [-0.15, -0.1) is 10.2 Å². The summed E-state index contributed by atoms with van der Waals surface area (Å²) in [4.78, 5) is 29.6. The lowest BCUT2D eigenvalue weighted by atomic mass is 10.1. The van der Waals surface area contributed by atoms with Crippen LogP contribution in [-0.4, -0.2) is 47.2 Å². The van der Waals surface area contributed by atoms with Gasteiger partial charge in [0.2, 0.25) is 0 Å². The Morgan fingerprint density at radius 3 is 2.39 bits per heavy atom. The first-order chi connectivity index (χ1) is 18.1. The number of aromatic amines is 1. The number of nitrogens with zero attached hydrogens (tertiary/aromatic N) is 4. The molecule has 0 aliphatic carbocycles. The molecule has 14 heteroatoms.